The van der Waals surface area contributed by atoms with E-state index >= 15 is 0 Å². The average molecular weight is 155 g/mol. The highest BCUT2D eigenvalue weighted by atomic mass is 28.4. The normalized spacial score (nSPS) is 11.0. The summed E-state index contributed by atoms with van der Waals surface area (Å²) in [5, 5.41) is 0. The van der Waals surface area contributed by atoms with E-state index in [4.69, 9.17) is 0 Å². The van der Waals surface area contributed by atoms with Crippen molar-refractivity contribution >= 4 is 8.32 Å². The van der Waals surface area contributed by atoms with E-state index in [1.165, 1.54) is 0 Å². The van der Waals surface area contributed by atoms with E-state index in [1.54, 1.807) is 12.2 Å². The molecular formula is C8H15OSi. The largest absolute Gasteiger partial charge is 0.431 e. The van der Waals surface area contributed by atoms with Crippen molar-refractivity contribution in [2.24, 2.45) is 0 Å². The molecule has 1 radical (unpaired) electrons. The Hall–Kier alpha value is -0.343. The monoisotopic (exact) mass is 155 g/mol. The van der Waals surface area contributed by atoms with Crippen molar-refractivity contribution in [1.82, 2.24) is 0 Å². The summed E-state index contributed by atoms with van der Waals surface area (Å²) in [6.07, 6.45) is 3.53. The minimum Gasteiger partial charge on any atom is -0.431 e. The van der Waals surface area contributed by atoms with Crippen molar-refractivity contribution in [2.75, 3.05) is 0 Å². The molecule has 2 heteroatoms. The second-order valence-corrected chi connectivity index (χ2v) is 6.23. The first-order valence-corrected chi connectivity index (χ1v) is 5.99. The van der Waals surface area contributed by atoms with Crippen LogP contribution in [0.5, 0.6) is 0 Å². The first-order valence-electron chi connectivity index (χ1n) is 3.42. The number of hydrogen-bond donors (Lipinski definition) is 1. The maximum Gasteiger partial charge on any atom is 0.195 e. The molecule has 0 saturated carbocycles. The molecule has 0 spiro atoms. The van der Waals surface area contributed by atoms with Gasteiger partial charge in [0.05, 0.1) is 0 Å². The molecule has 10 heavy (non-hydrogen) atoms. The third kappa shape index (κ3) is 2.99. The fraction of sp³-hybridized carbons (Fsp3) is 0.375. The van der Waals surface area contributed by atoms with E-state index < -0.39 is 8.32 Å². The molecule has 0 aromatic heterocycles. The minimum absolute atomic E-state index is 0.644. The molecule has 0 rings (SSSR count). The van der Waals surface area contributed by atoms with Crippen molar-refractivity contribution in [3.8, 4) is 0 Å². The van der Waals surface area contributed by atoms with Gasteiger partial charge in [-0.3, -0.25) is 0 Å². The molecule has 1 nitrogen and oxygen atoms in total. The van der Waals surface area contributed by atoms with Crippen LogP contribution in [0.25, 0.3) is 0 Å². The molecule has 0 aliphatic carbocycles. The first-order chi connectivity index (χ1) is 4.68. The van der Waals surface area contributed by atoms with Crippen molar-refractivity contribution in [3.63, 3.8) is 0 Å². The topological polar surface area (TPSA) is 20.2 Å². The van der Waals surface area contributed by atoms with Crippen LogP contribution in [0.3, 0.4) is 0 Å². The lowest BCUT2D eigenvalue weighted by atomic mass is 10.7. The Kier molecular flexibility index (Phi) is 4.32. The zero-order valence-electron chi connectivity index (χ0n) is 6.34. The lowest BCUT2D eigenvalue weighted by Gasteiger charge is -2.19. The molecule has 0 aliphatic heterocycles. The summed E-state index contributed by atoms with van der Waals surface area (Å²) in [7, 11) is -2.07. The summed E-state index contributed by atoms with van der Waals surface area (Å²) in [6.45, 7) is 10.9. The molecule has 0 unspecified atom stereocenters. The van der Waals surface area contributed by atoms with Crippen LogP contribution in [0.4, 0.5) is 0 Å². The SMILES string of the molecule is [CH2]C[Si](O)(CC=C)CC=C. The second-order valence-electron chi connectivity index (χ2n) is 2.46. The minimum atomic E-state index is -2.07. The van der Waals surface area contributed by atoms with Crippen molar-refractivity contribution in [1.29, 1.82) is 0 Å². The Morgan fingerprint density at radius 1 is 1.20 bits per heavy atom. The Morgan fingerprint density at radius 3 is 1.80 bits per heavy atom. The van der Waals surface area contributed by atoms with Crippen LogP contribution in [0.2, 0.25) is 18.1 Å². The van der Waals surface area contributed by atoms with Gasteiger partial charge >= 0.3 is 0 Å². The van der Waals surface area contributed by atoms with Gasteiger partial charge in [-0.05, 0) is 18.1 Å². The van der Waals surface area contributed by atoms with Gasteiger partial charge in [-0.15, -0.1) is 13.2 Å². The highest BCUT2D eigenvalue weighted by molar-refractivity contribution is 6.73. The molecule has 0 aromatic carbocycles. The lowest BCUT2D eigenvalue weighted by molar-refractivity contribution is 0.542. The van der Waals surface area contributed by atoms with Crippen LogP contribution in [0.1, 0.15) is 0 Å². The lowest BCUT2D eigenvalue weighted by Crippen LogP contribution is -2.31. The van der Waals surface area contributed by atoms with Gasteiger partial charge in [-0.1, -0.05) is 19.1 Å². The molecule has 0 saturated heterocycles. The van der Waals surface area contributed by atoms with Gasteiger partial charge in [-0.2, -0.15) is 0 Å². The Balaban J connectivity index is 3.92. The molecule has 0 amide bonds. The number of rotatable bonds is 5. The van der Waals surface area contributed by atoms with Crippen LogP contribution >= 0.6 is 0 Å². The molecule has 1 N–H and O–H groups in total. The van der Waals surface area contributed by atoms with E-state index in [0.29, 0.717) is 6.04 Å². The quantitative estimate of drug-likeness (QED) is 0.476. The Bertz CT molecular complexity index is 110. The molecular weight excluding hydrogens is 140 g/mol. The molecule has 0 bridgehead atoms. The van der Waals surface area contributed by atoms with Gasteiger partial charge in [0.2, 0.25) is 0 Å². The molecule has 0 fully saturated rings. The predicted octanol–water partition coefficient (Wildman–Crippen LogP) is 2.13. The summed E-state index contributed by atoms with van der Waals surface area (Å²) in [4.78, 5) is 9.75. The molecule has 0 atom stereocenters. The Morgan fingerprint density at radius 2 is 1.60 bits per heavy atom. The van der Waals surface area contributed by atoms with Crippen LogP contribution in [0.15, 0.2) is 25.3 Å². The summed E-state index contributed by atoms with van der Waals surface area (Å²) in [6, 6.07) is 2.09. The molecule has 0 aliphatic rings. The van der Waals surface area contributed by atoms with Crippen molar-refractivity contribution < 1.29 is 4.80 Å². The van der Waals surface area contributed by atoms with Gasteiger partial charge in [0.1, 0.15) is 0 Å². The fourth-order valence-electron chi connectivity index (χ4n) is 0.825. The van der Waals surface area contributed by atoms with Gasteiger partial charge in [-0.25, -0.2) is 0 Å². The van der Waals surface area contributed by atoms with E-state index in [9.17, 15) is 4.80 Å². The summed E-state index contributed by atoms with van der Waals surface area (Å²) in [5.41, 5.74) is 0. The van der Waals surface area contributed by atoms with Crippen molar-refractivity contribution in [3.05, 3.63) is 32.2 Å². The summed E-state index contributed by atoms with van der Waals surface area (Å²) < 4.78 is 0. The fourth-order valence-corrected chi connectivity index (χ4v) is 2.47. The van der Waals surface area contributed by atoms with Crippen LogP contribution in [-0.2, 0) is 0 Å². The van der Waals surface area contributed by atoms with Gasteiger partial charge in [0.25, 0.3) is 0 Å². The van der Waals surface area contributed by atoms with E-state index in [0.717, 1.165) is 12.1 Å². The first kappa shape index (κ1) is 9.66. The summed E-state index contributed by atoms with van der Waals surface area (Å²) >= 11 is 0. The van der Waals surface area contributed by atoms with Crippen molar-refractivity contribution in [2.45, 2.75) is 18.1 Å². The Labute approximate surface area is 64.2 Å². The van der Waals surface area contributed by atoms with E-state index in [1.807, 2.05) is 0 Å². The van der Waals surface area contributed by atoms with E-state index in [2.05, 4.69) is 20.1 Å². The maximum absolute atomic E-state index is 9.75. The maximum atomic E-state index is 9.75. The molecule has 57 valence electrons. The van der Waals surface area contributed by atoms with Crippen LogP contribution < -0.4 is 0 Å². The van der Waals surface area contributed by atoms with Gasteiger partial charge < -0.3 is 4.80 Å². The predicted molar refractivity (Wildman–Crippen MR) is 48.1 cm³/mol. The molecule has 0 heterocycles. The second kappa shape index (κ2) is 4.47. The number of allylic oxidation sites excluding steroid dienone is 2. The highest BCUT2D eigenvalue weighted by Crippen LogP contribution is 2.17. The summed E-state index contributed by atoms with van der Waals surface area (Å²) in [5.74, 6) is 0. The third-order valence-electron chi connectivity index (χ3n) is 1.51. The van der Waals surface area contributed by atoms with Crippen LogP contribution in [-0.4, -0.2) is 13.1 Å². The van der Waals surface area contributed by atoms with Gasteiger partial charge in [0.15, 0.2) is 8.32 Å². The van der Waals surface area contributed by atoms with E-state index in [-0.39, 0.29) is 0 Å². The van der Waals surface area contributed by atoms with Crippen LogP contribution in [0, 0.1) is 6.92 Å². The smallest absolute Gasteiger partial charge is 0.195 e. The highest BCUT2D eigenvalue weighted by Gasteiger charge is 2.24. The average Bonchev–Trinajstić information content (AvgIpc) is 1.89. The van der Waals surface area contributed by atoms with Gasteiger partial charge in [0, 0.05) is 0 Å². The number of hydrogen-bond acceptors (Lipinski definition) is 1. The zero-order chi connectivity index (χ0) is 8.04. The molecule has 0 aromatic rings. The third-order valence-corrected chi connectivity index (χ3v) is 4.54. The standard InChI is InChI=1S/C8H15OSi/c1-4-7-10(9,6-3)8-5-2/h4-5,9H,1-3,6-8H2. The zero-order valence-corrected chi connectivity index (χ0v) is 7.34.